The lowest BCUT2D eigenvalue weighted by Crippen LogP contribution is -2.53. The lowest BCUT2D eigenvalue weighted by atomic mass is 9.89. The van der Waals surface area contributed by atoms with E-state index in [1.807, 2.05) is 31.2 Å². The fourth-order valence-electron chi connectivity index (χ4n) is 3.37. The second-order valence-electron chi connectivity index (χ2n) is 7.03. The van der Waals surface area contributed by atoms with Crippen LogP contribution in [-0.2, 0) is 16.0 Å². The molecule has 1 heterocycles. The van der Waals surface area contributed by atoms with Crippen molar-refractivity contribution in [3.8, 4) is 0 Å². The molecule has 4 N–H and O–H groups in total. The Bertz CT molecular complexity index is 618. The second-order valence-corrected chi connectivity index (χ2v) is 7.03. The number of benzene rings is 1. The Labute approximate surface area is 149 Å². The molecule has 2 atom stereocenters. The molecule has 3 rings (SSSR count). The molecule has 1 aromatic carbocycles. The third-order valence-corrected chi connectivity index (χ3v) is 5.16. The summed E-state index contributed by atoms with van der Waals surface area (Å²) < 4.78 is 0. The van der Waals surface area contributed by atoms with Crippen LogP contribution in [0.25, 0.3) is 0 Å². The van der Waals surface area contributed by atoms with Crippen molar-refractivity contribution in [1.82, 2.24) is 5.32 Å². The number of amides is 2. The quantitative estimate of drug-likeness (QED) is 0.734. The summed E-state index contributed by atoms with van der Waals surface area (Å²) in [5.41, 5.74) is 7.57. The molecule has 1 saturated carbocycles. The maximum Gasteiger partial charge on any atom is 0.227 e. The summed E-state index contributed by atoms with van der Waals surface area (Å²) in [6, 6.07) is 7.83. The molecule has 0 spiro atoms. The molecule has 1 fully saturated rings. The zero-order valence-corrected chi connectivity index (χ0v) is 14.8. The molecule has 0 bridgehead atoms. The minimum atomic E-state index is -0.293. The van der Waals surface area contributed by atoms with E-state index in [4.69, 9.17) is 5.73 Å². The normalized spacial score (nSPS) is 21.8. The molecule has 2 aliphatic rings. The number of fused-ring (bicyclic) bond motifs is 1. The molecule has 0 saturated heterocycles. The Morgan fingerprint density at radius 1 is 1.38 bits per heavy atom. The van der Waals surface area contributed by atoms with E-state index < -0.39 is 0 Å². The smallest absolute Gasteiger partial charge is 0.227 e. The minimum absolute atomic E-state index is 0. The van der Waals surface area contributed by atoms with Gasteiger partial charge in [-0.15, -0.1) is 12.4 Å². The van der Waals surface area contributed by atoms with Crippen LogP contribution >= 0.6 is 12.4 Å². The van der Waals surface area contributed by atoms with Crippen molar-refractivity contribution in [2.45, 2.75) is 44.6 Å². The van der Waals surface area contributed by atoms with E-state index in [1.165, 1.54) is 0 Å². The summed E-state index contributed by atoms with van der Waals surface area (Å²) in [5, 5.41) is 6.01. The van der Waals surface area contributed by atoms with E-state index in [9.17, 15) is 9.59 Å². The second kappa shape index (κ2) is 7.53. The van der Waals surface area contributed by atoms with Crippen molar-refractivity contribution in [3.05, 3.63) is 29.8 Å². The molecular weight excluding hydrogens is 326 g/mol. The van der Waals surface area contributed by atoms with Crippen molar-refractivity contribution in [3.63, 3.8) is 0 Å². The summed E-state index contributed by atoms with van der Waals surface area (Å²) >= 11 is 0. The molecule has 132 valence electrons. The number of hydrogen-bond donors (Lipinski definition) is 3. The van der Waals surface area contributed by atoms with E-state index in [1.54, 1.807) is 0 Å². The van der Waals surface area contributed by atoms with Gasteiger partial charge in [-0.25, -0.2) is 0 Å². The van der Waals surface area contributed by atoms with Crippen LogP contribution in [0.3, 0.4) is 0 Å². The number of nitrogens with two attached hydrogens (primary N) is 1. The van der Waals surface area contributed by atoms with Gasteiger partial charge in [0.1, 0.15) is 0 Å². The van der Waals surface area contributed by atoms with Gasteiger partial charge < -0.3 is 16.4 Å². The molecule has 6 heteroatoms. The Morgan fingerprint density at radius 2 is 2.08 bits per heavy atom. The van der Waals surface area contributed by atoms with Crippen LogP contribution in [0.15, 0.2) is 24.3 Å². The van der Waals surface area contributed by atoms with Gasteiger partial charge in [-0.2, -0.15) is 0 Å². The van der Waals surface area contributed by atoms with Gasteiger partial charge in [0.15, 0.2) is 0 Å². The number of nitrogens with one attached hydrogen (secondary N) is 2. The highest BCUT2D eigenvalue weighted by atomic mass is 35.5. The topological polar surface area (TPSA) is 84.2 Å². The summed E-state index contributed by atoms with van der Waals surface area (Å²) in [7, 11) is 0. The third kappa shape index (κ3) is 4.08. The Kier molecular flexibility index (Phi) is 5.88. The van der Waals surface area contributed by atoms with Crippen molar-refractivity contribution >= 4 is 29.9 Å². The fourth-order valence-corrected chi connectivity index (χ4v) is 3.37. The van der Waals surface area contributed by atoms with Crippen LogP contribution in [0, 0.1) is 11.8 Å². The minimum Gasteiger partial charge on any atom is -0.349 e. The summed E-state index contributed by atoms with van der Waals surface area (Å²) in [4.78, 5) is 24.4. The number of para-hydroxylation sites is 1. The van der Waals surface area contributed by atoms with Crippen LogP contribution < -0.4 is 16.4 Å². The van der Waals surface area contributed by atoms with Gasteiger partial charge in [0.2, 0.25) is 11.8 Å². The van der Waals surface area contributed by atoms with E-state index >= 15 is 0 Å². The number of anilines is 1. The summed E-state index contributed by atoms with van der Waals surface area (Å²) in [6.07, 6.45) is 3.90. The van der Waals surface area contributed by atoms with Gasteiger partial charge in [-0.3, -0.25) is 9.59 Å². The lowest BCUT2D eigenvalue weighted by molar-refractivity contribution is -0.124. The average molecular weight is 352 g/mol. The fraction of sp³-hybridized carbons (Fsp3) is 0.556. The highest BCUT2D eigenvalue weighted by Crippen LogP contribution is 2.39. The van der Waals surface area contributed by atoms with Gasteiger partial charge in [0, 0.05) is 24.6 Å². The van der Waals surface area contributed by atoms with E-state index in [0.717, 1.165) is 24.1 Å². The van der Waals surface area contributed by atoms with Crippen molar-refractivity contribution in [2.75, 3.05) is 11.9 Å². The third-order valence-electron chi connectivity index (χ3n) is 5.16. The molecule has 1 aliphatic heterocycles. The first kappa shape index (κ1) is 18.7. The van der Waals surface area contributed by atoms with Gasteiger partial charge >= 0.3 is 0 Å². The average Bonchev–Trinajstić information content (AvgIpc) is 3.38. The van der Waals surface area contributed by atoms with E-state index in [2.05, 4.69) is 10.6 Å². The zero-order chi connectivity index (χ0) is 16.4. The molecule has 2 amide bonds. The Balaban J connectivity index is 0.00000208. The number of hydrogen-bond acceptors (Lipinski definition) is 3. The van der Waals surface area contributed by atoms with E-state index in [-0.39, 0.29) is 35.7 Å². The van der Waals surface area contributed by atoms with Crippen molar-refractivity contribution in [1.29, 1.82) is 0 Å². The Hall–Kier alpha value is -1.59. The van der Waals surface area contributed by atoms with Gasteiger partial charge in [-0.05, 0) is 50.2 Å². The van der Waals surface area contributed by atoms with Crippen molar-refractivity contribution < 1.29 is 9.59 Å². The van der Waals surface area contributed by atoms with Crippen LogP contribution in [-0.4, -0.2) is 23.9 Å². The highest BCUT2D eigenvalue weighted by Gasteiger charge is 2.41. The predicted octanol–water partition coefficient (Wildman–Crippen LogP) is 2.24. The Morgan fingerprint density at radius 3 is 2.75 bits per heavy atom. The molecule has 2 unspecified atom stereocenters. The summed E-state index contributed by atoms with van der Waals surface area (Å²) in [6.45, 7) is 2.48. The van der Waals surface area contributed by atoms with Crippen LogP contribution in [0.4, 0.5) is 5.69 Å². The van der Waals surface area contributed by atoms with Gasteiger partial charge in [0.25, 0.3) is 0 Å². The standard InChI is InChI=1S/C18H25N3O2.ClH/c1-18(11-19,14-7-8-14)21-16(22)9-6-13-10-12-4-2-3-5-15(12)20-17(13)23;/h2-5,13-14H,6-11,19H2,1H3,(H,20,23)(H,21,22);1H. The highest BCUT2D eigenvalue weighted by molar-refractivity contribution is 5.96. The molecule has 0 aromatic heterocycles. The molecule has 5 nitrogen and oxygen atoms in total. The van der Waals surface area contributed by atoms with E-state index in [0.29, 0.717) is 31.7 Å². The number of carbonyl (C=O) groups excluding carboxylic acids is 2. The predicted molar refractivity (Wildman–Crippen MR) is 97.1 cm³/mol. The van der Waals surface area contributed by atoms with Crippen molar-refractivity contribution in [2.24, 2.45) is 17.6 Å². The number of carbonyl (C=O) groups is 2. The first-order valence-corrected chi connectivity index (χ1v) is 8.41. The maximum atomic E-state index is 12.2. The monoisotopic (exact) mass is 351 g/mol. The lowest BCUT2D eigenvalue weighted by Gasteiger charge is -2.30. The molecule has 24 heavy (non-hydrogen) atoms. The number of halogens is 1. The molecule has 1 aliphatic carbocycles. The zero-order valence-electron chi connectivity index (χ0n) is 14.0. The number of rotatable bonds is 6. The van der Waals surface area contributed by atoms with Gasteiger partial charge in [-0.1, -0.05) is 18.2 Å². The SMILES string of the molecule is CC(CN)(NC(=O)CCC1Cc2ccccc2NC1=O)C1CC1.Cl. The first-order chi connectivity index (χ1) is 11.0. The largest absolute Gasteiger partial charge is 0.349 e. The van der Waals surface area contributed by atoms with Crippen LogP contribution in [0.1, 0.15) is 38.2 Å². The maximum absolute atomic E-state index is 12.2. The van der Waals surface area contributed by atoms with Crippen LogP contribution in [0.5, 0.6) is 0 Å². The van der Waals surface area contributed by atoms with Crippen LogP contribution in [0.2, 0.25) is 0 Å². The molecule has 0 radical (unpaired) electrons. The summed E-state index contributed by atoms with van der Waals surface area (Å²) in [5.74, 6) is 0.374. The van der Waals surface area contributed by atoms with Gasteiger partial charge in [0.05, 0.1) is 5.54 Å². The molecule has 1 aromatic rings. The first-order valence-electron chi connectivity index (χ1n) is 8.41. The molecular formula is C18H26ClN3O2.